The molecule has 1 heteroatoms. The first-order valence-electron chi connectivity index (χ1n) is 4.29. The third-order valence-electron chi connectivity index (χ3n) is 3.07. The molecule has 0 saturated heterocycles. The summed E-state index contributed by atoms with van der Waals surface area (Å²) in [5.41, 5.74) is -0.347. The van der Waals surface area contributed by atoms with Crippen LogP contribution in [0.4, 0.5) is 0 Å². The van der Waals surface area contributed by atoms with Gasteiger partial charge < -0.3 is 5.11 Å². The fourth-order valence-corrected chi connectivity index (χ4v) is 2.05. The van der Waals surface area contributed by atoms with Crippen molar-refractivity contribution in [2.75, 3.05) is 0 Å². The highest BCUT2D eigenvalue weighted by molar-refractivity contribution is 4.91. The van der Waals surface area contributed by atoms with Crippen molar-refractivity contribution in [1.29, 1.82) is 0 Å². The van der Waals surface area contributed by atoms with Crippen LogP contribution in [0.3, 0.4) is 0 Å². The highest BCUT2D eigenvalue weighted by Gasteiger charge is 2.40. The summed E-state index contributed by atoms with van der Waals surface area (Å²) in [5, 5.41) is 10.0. The minimum atomic E-state index is -0.347. The van der Waals surface area contributed by atoms with Crippen LogP contribution in [0.25, 0.3) is 0 Å². The van der Waals surface area contributed by atoms with Crippen LogP contribution in [0.2, 0.25) is 0 Å². The molecule has 1 fully saturated rings. The molecule has 1 nitrogen and oxygen atoms in total. The van der Waals surface area contributed by atoms with Gasteiger partial charge in [-0.1, -0.05) is 27.2 Å². The molecule has 0 aromatic rings. The van der Waals surface area contributed by atoms with Crippen molar-refractivity contribution in [3.8, 4) is 0 Å². The second-order valence-corrected chi connectivity index (χ2v) is 3.94. The Hall–Kier alpha value is -0.0400. The lowest BCUT2D eigenvalue weighted by Crippen LogP contribution is -2.37. The second kappa shape index (κ2) is 2.54. The Morgan fingerprint density at radius 3 is 2.30 bits per heavy atom. The van der Waals surface area contributed by atoms with Gasteiger partial charge in [0.2, 0.25) is 0 Å². The van der Waals surface area contributed by atoms with Gasteiger partial charge >= 0.3 is 0 Å². The second-order valence-electron chi connectivity index (χ2n) is 3.94. The van der Waals surface area contributed by atoms with E-state index in [4.69, 9.17) is 0 Å². The van der Waals surface area contributed by atoms with E-state index >= 15 is 0 Å². The third-order valence-corrected chi connectivity index (χ3v) is 3.07. The van der Waals surface area contributed by atoms with E-state index in [2.05, 4.69) is 20.8 Å². The predicted molar refractivity (Wildman–Crippen MR) is 42.8 cm³/mol. The van der Waals surface area contributed by atoms with Crippen LogP contribution in [0, 0.1) is 11.8 Å². The Labute approximate surface area is 63.4 Å². The topological polar surface area (TPSA) is 20.2 Å². The lowest BCUT2D eigenvalue weighted by Gasteiger charge is -2.31. The van der Waals surface area contributed by atoms with Crippen LogP contribution in [0.5, 0.6) is 0 Å². The zero-order valence-corrected chi connectivity index (χ0v) is 7.22. The Bertz CT molecular complexity index is 120. The highest BCUT2D eigenvalue weighted by Crippen LogP contribution is 2.40. The predicted octanol–water partition coefficient (Wildman–Crippen LogP) is 2.19. The van der Waals surface area contributed by atoms with Gasteiger partial charge in [-0.15, -0.1) is 0 Å². The molecule has 10 heavy (non-hydrogen) atoms. The molecule has 0 aromatic heterocycles. The Morgan fingerprint density at radius 2 is 2.10 bits per heavy atom. The summed E-state index contributed by atoms with van der Waals surface area (Å²) < 4.78 is 0. The summed E-state index contributed by atoms with van der Waals surface area (Å²) >= 11 is 0. The molecule has 0 heterocycles. The molecule has 0 aliphatic heterocycles. The van der Waals surface area contributed by atoms with Gasteiger partial charge in [0.05, 0.1) is 5.60 Å². The quantitative estimate of drug-likeness (QED) is 0.595. The summed E-state index contributed by atoms with van der Waals surface area (Å²) in [5.74, 6) is 0.928. The van der Waals surface area contributed by atoms with E-state index in [0.29, 0.717) is 11.8 Å². The van der Waals surface area contributed by atoms with Gasteiger partial charge in [-0.25, -0.2) is 0 Å². The van der Waals surface area contributed by atoms with Crippen LogP contribution in [-0.2, 0) is 0 Å². The van der Waals surface area contributed by atoms with Crippen LogP contribution in [-0.4, -0.2) is 10.7 Å². The molecule has 0 spiro atoms. The van der Waals surface area contributed by atoms with Gasteiger partial charge in [0.25, 0.3) is 0 Å². The van der Waals surface area contributed by atoms with E-state index in [1.807, 2.05) is 0 Å². The first-order chi connectivity index (χ1) is 4.57. The molecule has 1 aliphatic carbocycles. The normalized spacial score (nSPS) is 41.1. The number of hydrogen-bond donors (Lipinski definition) is 1. The zero-order valence-electron chi connectivity index (χ0n) is 7.22. The van der Waals surface area contributed by atoms with Crippen LogP contribution in [0.15, 0.2) is 0 Å². The highest BCUT2D eigenvalue weighted by atomic mass is 16.3. The molecule has 1 N–H and O–H groups in total. The monoisotopic (exact) mass is 142 g/mol. The fraction of sp³-hybridized carbons (Fsp3) is 1.00. The minimum Gasteiger partial charge on any atom is -0.389 e. The maximum absolute atomic E-state index is 10.0. The SMILES string of the molecule is CC(C)[C@]1(O)CCC[C@@H]1C. The first kappa shape index (κ1) is 8.06. The number of aliphatic hydroxyl groups is 1. The molecule has 0 aromatic carbocycles. The molecule has 2 atom stereocenters. The average Bonchev–Trinajstić information content (AvgIpc) is 2.15. The number of hydrogen-bond acceptors (Lipinski definition) is 1. The van der Waals surface area contributed by atoms with Crippen LogP contribution >= 0.6 is 0 Å². The summed E-state index contributed by atoms with van der Waals surface area (Å²) in [6, 6.07) is 0. The van der Waals surface area contributed by atoms with E-state index in [9.17, 15) is 5.11 Å². The van der Waals surface area contributed by atoms with Crippen molar-refractivity contribution in [3.05, 3.63) is 0 Å². The molecule has 0 radical (unpaired) electrons. The largest absolute Gasteiger partial charge is 0.389 e. The van der Waals surface area contributed by atoms with E-state index < -0.39 is 0 Å². The Balaban J connectivity index is 2.66. The van der Waals surface area contributed by atoms with Crippen molar-refractivity contribution in [2.45, 2.75) is 45.6 Å². The summed E-state index contributed by atoms with van der Waals surface area (Å²) in [6.45, 7) is 6.39. The smallest absolute Gasteiger partial charge is 0.0695 e. The van der Waals surface area contributed by atoms with Crippen molar-refractivity contribution in [2.24, 2.45) is 11.8 Å². The molecule has 1 rings (SSSR count). The van der Waals surface area contributed by atoms with Crippen molar-refractivity contribution >= 4 is 0 Å². The van der Waals surface area contributed by atoms with E-state index in [-0.39, 0.29) is 5.60 Å². The fourth-order valence-electron chi connectivity index (χ4n) is 2.05. The van der Waals surface area contributed by atoms with Crippen molar-refractivity contribution in [3.63, 3.8) is 0 Å². The molecule has 60 valence electrons. The lowest BCUT2D eigenvalue weighted by atomic mass is 9.82. The molecule has 1 saturated carbocycles. The van der Waals surface area contributed by atoms with Gasteiger partial charge in [0.15, 0.2) is 0 Å². The van der Waals surface area contributed by atoms with Crippen molar-refractivity contribution in [1.82, 2.24) is 0 Å². The molecule has 1 aliphatic rings. The summed E-state index contributed by atoms with van der Waals surface area (Å²) in [4.78, 5) is 0. The van der Waals surface area contributed by atoms with Crippen LogP contribution < -0.4 is 0 Å². The zero-order chi connectivity index (χ0) is 7.78. The van der Waals surface area contributed by atoms with Crippen LogP contribution in [0.1, 0.15) is 40.0 Å². The Morgan fingerprint density at radius 1 is 1.50 bits per heavy atom. The molecule has 0 unspecified atom stereocenters. The summed E-state index contributed by atoms with van der Waals surface area (Å²) in [6.07, 6.45) is 3.41. The maximum Gasteiger partial charge on any atom is 0.0695 e. The van der Waals surface area contributed by atoms with Gasteiger partial charge in [-0.2, -0.15) is 0 Å². The van der Waals surface area contributed by atoms with Gasteiger partial charge in [0, 0.05) is 0 Å². The lowest BCUT2D eigenvalue weighted by molar-refractivity contribution is -0.0334. The van der Waals surface area contributed by atoms with E-state index in [1.54, 1.807) is 0 Å². The molecular formula is C9H18O. The van der Waals surface area contributed by atoms with Gasteiger partial charge in [-0.05, 0) is 24.7 Å². The average molecular weight is 142 g/mol. The molecular weight excluding hydrogens is 124 g/mol. The van der Waals surface area contributed by atoms with E-state index in [1.165, 1.54) is 12.8 Å². The van der Waals surface area contributed by atoms with Gasteiger partial charge in [-0.3, -0.25) is 0 Å². The number of rotatable bonds is 1. The maximum atomic E-state index is 10.0. The molecule has 0 bridgehead atoms. The third kappa shape index (κ3) is 1.07. The first-order valence-corrected chi connectivity index (χ1v) is 4.29. The Kier molecular flexibility index (Phi) is 2.04. The van der Waals surface area contributed by atoms with Gasteiger partial charge in [0.1, 0.15) is 0 Å². The standard InChI is InChI=1S/C9H18O/c1-7(2)9(10)6-4-5-8(9)3/h7-8,10H,4-6H2,1-3H3/t8-,9+/m0/s1. The summed E-state index contributed by atoms with van der Waals surface area (Å²) in [7, 11) is 0. The van der Waals surface area contributed by atoms with Crippen molar-refractivity contribution < 1.29 is 5.11 Å². The van der Waals surface area contributed by atoms with E-state index in [0.717, 1.165) is 6.42 Å². The molecule has 0 amide bonds. The minimum absolute atomic E-state index is 0.347.